The second kappa shape index (κ2) is 37.3. The lowest BCUT2D eigenvalue weighted by atomic mass is 9.87. The van der Waals surface area contributed by atoms with Gasteiger partial charge in [-0.3, -0.25) is 74.5 Å². The molecule has 0 atom stereocenters. The van der Waals surface area contributed by atoms with Crippen molar-refractivity contribution in [2.45, 2.75) is 171 Å². The Morgan fingerprint density at radius 3 is 0.909 bits per heavy atom. The van der Waals surface area contributed by atoms with Crippen LogP contribution < -0.4 is 26.6 Å². The third-order valence-corrected chi connectivity index (χ3v) is 23.9. The van der Waals surface area contributed by atoms with Crippen LogP contribution in [0, 0.1) is 90.8 Å². The van der Waals surface area contributed by atoms with Crippen molar-refractivity contribution in [3.8, 4) is 0 Å². The fourth-order valence-corrected chi connectivity index (χ4v) is 11.3. The number of carbonyl (C=O) groups is 10. The molecule has 0 unspecified atom stereocenters. The number of rotatable bonds is 15. The van der Waals surface area contributed by atoms with Gasteiger partial charge in [0.2, 0.25) is 35.4 Å². The van der Waals surface area contributed by atoms with Crippen LogP contribution in [0.3, 0.4) is 0 Å². The summed E-state index contributed by atoms with van der Waals surface area (Å²) in [5.41, 5.74) is 2.43. The molecule has 0 aliphatic rings. The molecule has 0 radical (unpaired) electrons. The monoisotopic (exact) mass is 1700 g/mol. The minimum Gasteiger partial charge on any atom is -0.292 e. The Bertz CT molecular complexity index is 3740. The first-order valence-electron chi connectivity index (χ1n) is 31.5. The van der Waals surface area contributed by atoms with Crippen molar-refractivity contribution in [2.24, 2.45) is 27.1 Å². The average Bonchev–Trinajstić information content (AvgIpc) is 0.801. The summed E-state index contributed by atoms with van der Waals surface area (Å²) in [5, 5.41) is 13.6. The van der Waals surface area contributed by atoms with E-state index in [1.807, 2.05) is 133 Å². The van der Waals surface area contributed by atoms with Crippen LogP contribution in [0.25, 0.3) is 10.8 Å². The molecule has 99 heavy (non-hydrogen) atoms. The zero-order valence-electron chi connectivity index (χ0n) is 59.3. The first kappa shape index (κ1) is 88.4. The molecule has 6 rings (SSSR count). The van der Waals surface area contributed by atoms with Crippen LogP contribution in [0.5, 0.6) is 0 Å². The van der Waals surface area contributed by atoms with Gasteiger partial charge in [0.25, 0.3) is 29.5 Å². The largest absolute Gasteiger partial charge is 0.292 e. The Balaban J connectivity index is 0.000000422. The predicted octanol–water partition coefficient (Wildman–Crippen LogP) is 19.1. The molecule has 0 spiro atoms. The van der Waals surface area contributed by atoms with E-state index in [9.17, 15) is 69.9 Å². The fourth-order valence-electron chi connectivity index (χ4n) is 7.87. The van der Waals surface area contributed by atoms with E-state index < -0.39 is 79.4 Å². The smallest absolute Gasteiger partial charge is 0.264 e. The Labute approximate surface area is 618 Å². The number of nitrogens with one attached hydrogen (secondary N) is 5. The van der Waals surface area contributed by atoms with E-state index in [4.69, 9.17) is 0 Å². The van der Waals surface area contributed by atoms with Crippen molar-refractivity contribution in [1.29, 1.82) is 0 Å². The molecule has 6 aromatic rings. The summed E-state index contributed by atoms with van der Waals surface area (Å²) < 4.78 is 68.8. The SMILES string of the molecule is CCC(C)(C)C(=O)NC(=O)c1c(Br)c(Br)c(Br)c(Br)c1Br.CCC(C)(C)C(=O)NC(=O)c1c(C)c(C)c(C)c(C)c1C.CCC(C)(C)C(=O)NC(=O)c1c(F)c(F)c(F)c(F)c1F.CCC(C)(C)C(=O)NC(=O)c1ccc2ccccc2c1.CCC(C)(C)C(=O)NC(=O)c1ccccc1. The van der Waals surface area contributed by atoms with Gasteiger partial charge in [0.15, 0.2) is 23.3 Å². The number of fused-ring (bicyclic) bond motifs is 1. The molecule has 0 aromatic heterocycles. The Morgan fingerprint density at radius 2 is 0.566 bits per heavy atom. The molecule has 0 saturated carbocycles. The highest BCUT2D eigenvalue weighted by Crippen LogP contribution is 2.45. The van der Waals surface area contributed by atoms with Crippen molar-refractivity contribution in [2.75, 3.05) is 0 Å². The predicted molar refractivity (Wildman–Crippen MR) is 394 cm³/mol. The van der Waals surface area contributed by atoms with Crippen LogP contribution in [-0.4, -0.2) is 59.1 Å². The number of hydrogen-bond acceptors (Lipinski definition) is 10. The van der Waals surface area contributed by atoms with E-state index >= 15 is 0 Å². The Morgan fingerprint density at radius 1 is 0.303 bits per heavy atom. The van der Waals surface area contributed by atoms with E-state index in [0.29, 0.717) is 72.2 Å². The maximum atomic E-state index is 13.4. The quantitative estimate of drug-likeness (QED) is 0.0371. The maximum absolute atomic E-state index is 13.4. The number of halogens is 10. The summed E-state index contributed by atoms with van der Waals surface area (Å²) >= 11 is 16.9. The standard InChI is InChI=1S/C18H27NO2.C17H19NO2.C13H12Br5NO2.C13H12F5NO2.C13H17NO2/c1-9-18(7,8)17(21)19-16(20)15-13(5)11(3)10(2)12(4)14(15)6;1-4-17(2,3)16(20)18-15(19)14-10-9-12-7-5-6-8-13(12)11-14;2*1-4-13(2,3)12(21)19-11(20)5-6(14)8(16)10(18)9(17)7(5)15;1-4-13(2,3)12(16)14-11(15)10-8-6-5-7-9-10/h9H2,1-8H3,(H,19,20,21);5-11H,4H2,1-3H3,(H,18,19,20);2*4H2,1-3H3,(H,19,20,21);5-9H,4H2,1-3H3,(H,14,15,16). The van der Waals surface area contributed by atoms with Crippen LogP contribution in [0.1, 0.15) is 216 Å². The second-order valence-corrected chi connectivity index (χ2v) is 30.4. The molecule has 0 aliphatic carbocycles. The lowest BCUT2D eigenvalue weighted by Gasteiger charge is -2.22. The summed E-state index contributed by atoms with van der Waals surface area (Å²) in [4.78, 5) is 120. The highest BCUT2D eigenvalue weighted by Gasteiger charge is 2.35. The van der Waals surface area contributed by atoms with Crippen LogP contribution in [-0.2, 0) is 24.0 Å². The second-order valence-electron chi connectivity index (χ2n) is 26.4. The number of benzene rings is 6. The van der Waals surface area contributed by atoms with Crippen molar-refractivity contribution in [1.82, 2.24) is 26.6 Å². The summed E-state index contributed by atoms with van der Waals surface area (Å²) in [6, 6.07) is 22.0. The molecule has 538 valence electrons. The van der Waals surface area contributed by atoms with Crippen LogP contribution >= 0.6 is 79.6 Å². The van der Waals surface area contributed by atoms with Gasteiger partial charge in [0.05, 0.1) is 5.56 Å². The van der Waals surface area contributed by atoms with Gasteiger partial charge < -0.3 is 0 Å². The molecule has 25 heteroatoms. The van der Waals surface area contributed by atoms with Crippen LogP contribution in [0.15, 0.2) is 95.2 Å². The van der Waals surface area contributed by atoms with E-state index in [-0.39, 0.29) is 41.4 Å². The molecule has 0 heterocycles. The normalized spacial score (nSPS) is 11.3. The minimum atomic E-state index is -2.37. The molecular weight excluding hydrogens is 1610 g/mol. The summed E-state index contributed by atoms with van der Waals surface area (Å²) in [7, 11) is 0. The molecule has 0 aliphatic heterocycles. The van der Waals surface area contributed by atoms with Crippen LogP contribution in [0.4, 0.5) is 22.0 Å². The molecular formula is C74H87Br5F5N5O10. The van der Waals surface area contributed by atoms with Crippen molar-refractivity contribution in [3.63, 3.8) is 0 Å². The van der Waals surface area contributed by atoms with Crippen molar-refractivity contribution < 1.29 is 69.9 Å². The number of carbonyl (C=O) groups excluding carboxylic acids is 10. The number of amides is 10. The Kier molecular flexibility index (Phi) is 33.3. The lowest BCUT2D eigenvalue weighted by molar-refractivity contribution is -0.129. The van der Waals surface area contributed by atoms with Crippen LogP contribution in [0.2, 0.25) is 0 Å². The van der Waals surface area contributed by atoms with Crippen molar-refractivity contribution in [3.05, 3.63) is 180 Å². The molecule has 15 nitrogen and oxygen atoms in total. The third kappa shape index (κ3) is 22.9. The average molecular weight is 1700 g/mol. The van der Waals surface area contributed by atoms with Gasteiger partial charge in [-0.2, -0.15) is 0 Å². The number of imide groups is 5. The number of hydrogen-bond donors (Lipinski definition) is 5. The maximum Gasteiger partial charge on any atom is 0.264 e. The van der Waals surface area contributed by atoms with Crippen molar-refractivity contribution >= 4 is 149 Å². The summed E-state index contributed by atoms with van der Waals surface area (Å²) in [5.74, 6) is -16.4. The molecule has 0 fully saturated rings. The Hall–Kier alpha value is -6.67. The highest BCUT2D eigenvalue weighted by molar-refractivity contribution is 9.15. The van der Waals surface area contributed by atoms with Gasteiger partial charge in [0, 0.05) is 66.1 Å². The zero-order valence-corrected chi connectivity index (χ0v) is 67.3. The van der Waals surface area contributed by atoms with Gasteiger partial charge in [0.1, 0.15) is 5.56 Å². The third-order valence-electron chi connectivity index (χ3n) is 17.8. The van der Waals surface area contributed by atoms with E-state index in [1.165, 1.54) is 19.4 Å². The molecule has 6 aromatic carbocycles. The first-order valence-corrected chi connectivity index (χ1v) is 35.4. The fraction of sp³-hybridized carbons (Fsp3) is 0.405. The molecule has 0 bridgehead atoms. The molecule has 10 amide bonds. The summed E-state index contributed by atoms with van der Waals surface area (Å²) in [6.45, 7) is 36.8. The highest BCUT2D eigenvalue weighted by atomic mass is 79.9. The topological polar surface area (TPSA) is 231 Å². The van der Waals surface area contributed by atoms with E-state index in [2.05, 4.69) is 108 Å². The van der Waals surface area contributed by atoms with Gasteiger partial charge in [-0.05, 0) is 209 Å². The van der Waals surface area contributed by atoms with E-state index in [1.54, 1.807) is 62.5 Å². The lowest BCUT2D eigenvalue weighted by Crippen LogP contribution is -2.41. The summed E-state index contributed by atoms with van der Waals surface area (Å²) in [6.07, 6.45) is 3.01. The first-order chi connectivity index (χ1) is 45.5. The van der Waals surface area contributed by atoms with Gasteiger partial charge in [-0.1, -0.05) is 152 Å². The van der Waals surface area contributed by atoms with E-state index in [0.717, 1.165) is 37.5 Å². The molecule has 0 saturated heterocycles. The van der Waals surface area contributed by atoms with Gasteiger partial charge >= 0.3 is 0 Å². The zero-order chi connectivity index (χ0) is 76.5. The molecule has 5 N–H and O–H groups in total. The van der Waals surface area contributed by atoms with Gasteiger partial charge in [-0.15, -0.1) is 0 Å². The minimum absolute atomic E-state index is 0.218. The van der Waals surface area contributed by atoms with Gasteiger partial charge in [-0.25, -0.2) is 22.0 Å².